The molecule has 136 valence electrons. The number of amides is 1. The molecule has 1 amide bonds. The highest BCUT2D eigenvalue weighted by atomic mass is 16.5. The van der Waals surface area contributed by atoms with Gasteiger partial charge in [-0.25, -0.2) is 0 Å². The predicted octanol–water partition coefficient (Wildman–Crippen LogP) is 2.55. The normalized spacial score (nSPS) is 21.8. The van der Waals surface area contributed by atoms with E-state index < -0.39 is 0 Å². The zero-order valence-electron chi connectivity index (χ0n) is 15.3. The minimum Gasteiger partial charge on any atom is -0.497 e. The van der Waals surface area contributed by atoms with Crippen molar-refractivity contribution >= 4 is 11.6 Å². The number of hydrogen-bond donors (Lipinski definition) is 1. The highest BCUT2D eigenvalue weighted by Gasteiger charge is 2.22. The van der Waals surface area contributed by atoms with Gasteiger partial charge in [0, 0.05) is 38.4 Å². The van der Waals surface area contributed by atoms with Crippen LogP contribution < -0.4 is 5.32 Å². The zero-order valence-corrected chi connectivity index (χ0v) is 15.3. The van der Waals surface area contributed by atoms with Crippen LogP contribution in [0.2, 0.25) is 0 Å². The molecule has 5 heteroatoms. The summed E-state index contributed by atoms with van der Waals surface area (Å²) in [5.74, 6) is 0.0721. The Balaban J connectivity index is 1.41. The molecule has 0 aliphatic carbocycles. The first-order valence-electron chi connectivity index (χ1n) is 9.23. The minimum absolute atomic E-state index is 0.0721. The third kappa shape index (κ3) is 5.06. The number of ether oxygens (including phenoxy) is 1. The number of nitrogens with zero attached hydrogens (tertiary/aromatic N) is 2. The molecule has 1 fully saturated rings. The zero-order chi connectivity index (χ0) is 17.6. The Morgan fingerprint density at radius 2 is 1.96 bits per heavy atom. The van der Waals surface area contributed by atoms with Crippen molar-refractivity contribution in [2.45, 2.75) is 32.8 Å². The van der Waals surface area contributed by atoms with Crippen LogP contribution >= 0.6 is 0 Å². The summed E-state index contributed by atoms with van der Waals surface area (Å²) in [6.07, 6.45) is 6.47. The van der Waals surface area contributed by atoms with Crippen molar-refractivity contribution in [3.63, 3.8) is 0 Å². The number of anilines is 1. The van der Waals surface area contributed by atoms with Crippen LogP contribution in [0.15, 0.2) is 30.5 Å². The summed E-state index contributed by atoms with van der Waals surface area (Å²) < 4.78 is 5.66. The number of allylic oxidation sites excluding steroid dienone is 1. The monoisotopic (exact) mass is 343 g/mol. The van der Waals surface area contributed by atoms with Gasteiger partial charge in [-0.2, -0.15) is 0 Å². The molecule has 1 aromatic rings. The Kier molecular flexibility index (Phi) is 6.10. The summed E-state index contributed by atoms with van der Waals surface area (Å²) >= 11 is 0. The molecule has 0 spiro atoms. The van der Waals surface area contributed by atoms with Crippen LogP contribution in [0.3, 0.4) is 0 Å². The molecule has 0 bridgehead atoms. The summed E-state index contributed by atoms with van der Waals surface area (Å²) in [5.41, 5.74) is 3.26. The maximum atomic E-state index is 12.3. The van der Waals surface area contributed by atoms with Crippen molar-refractivity contribution in [2.75, 3.05) is 44.6 Å². The van der Waals surface area contributed by atoms with Crippen LogP contribution in [-0.4, -0.2) is 61.1 Å². The van der Waals surface area contributed by atoms with E-state index in [2.05, 4.69) is 34.2 Å². The third-order valence-corrected chi connectivity index (χ3v) is 5.20. The van der Waals surface area contributed by atoms with Crippen LogP contribution in [0.1, 0.15) is 24.0 Å². The molecule has 1 N–H and O–H groups in total. The summed E-state index contributed by atoms with van der Waals surface area (Å²) in [5, 5.41) is 3.05. The first-order valence-corrected chi connectivity index (χ1v) is 9.23. The number of benzene rings is 1. The first kappa shape index (κ1) is 18.0. The van der Waals surface area contributed by atoms with Gasteiger partial charge in [0.25, 0.3) is 0 Å². The van der Waals surface area contributed by atoms with Gasteiger partial charge < -0.3 is 10.1 Å². The van der Waals surface area contributed by atoms with Crippen molar-refractivity contribution in [1.29, 1.82) is 0 Å². The molecule has 2 aliphatic rings. The molecule has 5 nitrogen and oxygen atoms in total. The summed E-state index contributed by atoms with van der Waals surface area (Å²) in [6.45, 7) is 9.44. The van der Waals surface area contributed by atoms with E-state index in [0.717, 1.165) is 56.8 Å². The van der Waals surface area contributed by atoms with E-state index in [1.54, 1.807) is 0 Å². The Morgan fingerprint density at radius 1 is 1.20 bits per heavy atom. The molecule has 0 saturated carbocycles. The fourth-order valence-electron chi connectivity index (χ4n) is 3.42. The molecule has 2 heterocycles. The van der Waals surface area contributed by atoms with Gasteiger partial charge in [-0.1, -0.05) is 12.1 Å². The van der Waals surface area contributed by atoms with Crippen LogP contribution in [-0.2, 0) is 9.53 Å². The number of carbonyl (C=O) groups excluding carboxylic acids is 1. The number of aryl methyl sites for hydroxylation is 1. The minimum atomic E-state index is 0.0721. The molecule has 1 unspecified atom stereocenters. The van der Waals surface area contributed by atoms with Crippen LogP contribution in [0.25, 0.3) is 0 Å². The number of carbonyl (C=O) groups is 1. The Labute approximate surface area is 150 Å². The Bertz CT molecular complexity index is 621. The van der Waals surface area contributed by atoms with E-state index in [-0.39, 0.29) is 5.91 Å². The summed E-state index contributed by atoms with van der Waals surface area (Å²) in [7, 11) is 0. The van der Waals surface area contributed by atoms with Crippen molar-refractivity contribution < 1.29 is 9.53 Å². The third-order valence-electron chi connectivity index (χ3n) is 5.20. The Morgan fingerprint density at radius 3 is 2.68 bits per heavy atom. The number of hydrogen-bond acceptors (Lipinski definition) is 4. The van der Waals surface area contributed by atoms with Crippen LogP contribution in [0.5, 0.6) is 0 Å². The van der Waals surface area contributed by atoms with Crippen molar-refractivity contribution in [2.24, 2.45) is 0 Å². The fourth-order valence-corrected chi connectivity index (χ4v) is 3.42. The second-order valence-electron chi connectivity index (χ2n) is 7.08. The van der Waals surface area contributed by atoms with Gasteiger partial charge >= 0.3 is 0 Å². The topological polar surface area (TPSA) is 44.8 Å². The average Bonchev–Trinajstić information content (AvgIpc) is 2.62. The van der Waals surface area contributed by atoms with E-state index in [4.69, 9.17) is 4.74 Å². The second kappa shape index (κ2) is 8.50. The van der Waals surface area contributed by atoms with Gasteiger partial charge in [0.05, 0.1) is 12.8 Å². The van der Waals surface area contributed by atoms with Gasteiger partial charge in [-0.05, 0) is 50.0 Å². The smallest absolute Gasteiger partial charge is 0.238 e. The molecular weight excluding hydrogens is 314 g/mol. The lowest BCUT2D eigenvalue weighted by Crippen LogP contribution is -2.50. The van der Waals surface area contributed by atoms with Crippen LogP contribution in [0.4, 0.5) is 5.69 Å². The molecule has 3 rings (SSSR count). The number of rotatable bonds is 5. The second-order valence-corrected chi connectivity index (χ2v) is 7.08. The maximum absolute atomic E-state index is 12.3. The van der Waals surface area contributed by atoms with E-state index >= 15 is 0 Å². The summed E-state index contributed by atoms with van der Waals surface area (Å²) in [4.78, 5) is 17.0. The maximum Gasteiger partial charge on any atom is 0.238 e. The van der Waals surface area contributed by atoms with E-state index in [1.165, 1.54) is 5.56 Å². The lowest BCUT2D eigenvalue weighted by molar-refractivity contribution is -0.117. The van der Waals surface area contributed by atoms with Gasteiger partial charge in [0.2, 0.25) is 5.91 Å². The van der Waals surface area contributed by atoms with Crippen molar-refractivity contribution in [3.8, 4) is 0 Å². The summed E-state index contributed by atoms with van der Waals surface area (Å²) in [6, 6.07) is 6.02. The van der Waals surface area contributed by atoms with Crippen molar-refractivity contribution in [1.82, 2.24) is 9.80 Å². The van der Waals surface area contributed by atoms with Gasteiger partial charge in [-0.3, -0.25) is 14.6 Å². The van der Waals surface area contributed by atoms with Crippen molar-refractivity contribution in [3.05, 3.63) is 41.7 Å². The lowest BCUT2D eigenvalue weighted by Gasteiger charge is -2.36. The Hall–Kier alpha value is -1.85. The van der Waals surface area contributed by atoms with Crippen LogP contribution in [0, 0.1) is 13.8 Å². The molecule has 1 aromatic carbocycles. The van der Waals surface area contributed by atoms with E-state index in [9.17, 15) is 4.79 Å². The highest BCUT2D eigenvalue weighted by molar-refractivity contribution is 5.93. The standard InChI is InChI=1S/C20H29N3O2/c1-16-6-5-8-19(17(16)2)21-20(24)15-23-11-9-22(10-12-23)14-18-7-3-4-13-25-18/h4-6,8,13,18H,3,7,9-12,14-15H2,1-2H3,(H,21,24). The fraction of sp³-hybridized carbons (Fsp3) is 0.550. The largest absolute Gasteiger partial charge is 0.497 e. The van der Waals surface area contributed by atoms with Gasteiger partial charge in [0.15, 0.2) is 0 Å². The van der Waals surface area contributed by atoms with Gasteiger partial charge in [-0.15, -0.1) is 0 Å². The highest BCUT2D eigenvalue weighted by Crippen LogP contribution is 2.18. The molecule has 0 radical (unpaired) electrons. The van der Waals surface area contributed by atoms with E-state index in [1.807, 2.05) is 25.3 Å². The number of piperazine rings is 1. The predicted molar refractivity (Wildman–Crippen MR) is 101 cm³/mol. The number of nitrogens with one attached hydrogen (secondary N) is 1. The average molecular weight is 343 g/mol. The quantitative estimate of drug-likeness (QED) is 0.892. The van der Waals surface area contributed by atoms with E-state index in [0.29, 0.717) is 12.6 Å². The molecular formula is C20H29N3O2. The van der Waals surface area contributed by atoms with Gasteiger partial charge in [0.1, 0.15) is 6.10 Å². The molecule has 1 saturated heterocycles. The molecule has 2 aliphatic heterocycles. The molecule has 1 atom stereocenters. The SMILES string of the molecule is Cc1cccc(NC(=O)CN2CCN(CC3CCC=CO3)CC2)c1C. The molecule has 0 aromatic heterocycles. The molecule has 25 heavy (non-hydrogen) atoms. The lowest BCUT2D eigenvalue weighted by atomic mass is 10.1. The first-order chi connectivity index (χ1) is 12.1.